The van der Waals surface area contributed by atoms with Gasteiger partial charge in [0.15, 0.2) is 11.6 Å². The SMILES string of the molecule is CCN1CCN2c3ncc(C(C)O)cc3OCC[C@@H]2C1. The Morgan fingerprint density at radius 1 is 1.50 bits per heavy atom. The minimum absolute atomic E-state index is 0.481. The molecule has 5 nitrogen and oxygen atoms in total. The molecule has 3 heterocycles. The van der Waals surface area contributed by atoms with Crippen molar-refractivity contribution in [2.45, 2.75) is 32.4 Å². The maximum absolute atomic E-state index is 9.68. The number of aliphatic hydroxyl groups is 1. The Labute approximate surface area is 120 Å². The molecule has 5 heteroatoms. The summed E-state index contributed by atoms with van der Waals surface area (Å²) in [6.45, 7) is 8.94. The minimum Gasteiger partial charge on any atom is -0.490 e. The van der Waals surface area contributed by atoms with Crippen molar-refractivity contribution < 1.29 is 9.84 Å². The van der Waals surface area contributed by atoms with E-state index in [-0.39, 0.29) is 0 Å². The summed E-state index contributed by atoms with van der Waals surface area (Å²) in [6.07, 6.45) is 2.28. The fourth-order valence-electron chi connectivity index (χ4n) is 3.04. The van der Waals surface area contributed by atoms with E-state index in [0.717, 1.165) is 56.3 Å². The molecule has 1 fully saturated rings. The number of anilines is 1. The first-order valence-corrected chi connectivity index (χ1v) is 7.49. The van der Waals surface area contributed by atoms with Gasteiger partial charge in [0.2, 0.25) is 0 Å². The van der Waals surface area contributed by atoms with E-state index < -0.39 is 6.10 Å². The summed E-state index contributed by atoms with van der Waals surface area (Å²) in [5, 5.41) is 9.68. The predicted molar refractivity (Wildman–Crippen MR) is 78.2 cm³/mol. The molecular formula is C15H23N3O2. The van der Waals surface area contributed by atoms with Gasteiger partial charge in [-0.2, -0.15) is 0 Å². The lowest BCUT2D eigenvalue weighted by molar-refractivity contribution is 0.198. The van der Waals surface area contributed by atoms with E-state index in [1.54, 1.807) is 13.1 Å². The van der Waals surface area contributed by atoms with Gasteiger partial charge in [0.25, 0.3) is 0 Å². The number of pyridine rings is 1. The molecule has 3 rings (SSSR count). The van der Waals surface area contributed by atoms with Crippen molar-refractivity contribution >= 4 is 5.82 Å². The van der Waals surface area contributed by atoms with Crippen LogP contribution >= 0.6 is 0 Å². The van der Waals surface area contributed by atoms with E-state index >= 15 is 0 Å². The molecule has 1 saturated heterocycles. The zero-order valence-corrected chi connectivity index (χ0v) is 12.2. The maximum Gasteiger partial charge on any atom is 0.171 e. The van der Waals surface area contributed by atoms with Crippen LogP contribution < -0.4 is 9.64 Å². The van der Waals surface area contributed by atoms with E-state index in [1.807, 2.05) is 6.07 Å². The number of aromatic nitrogens is 1. The number of ether oxygens (including phenoxy) is 1. The van der Waals surface area contributed by atoms with Crippen molar-refractivity contribution in [2.24, 2.45) is 0 Å². The third-order valence-corrected chi connectivity index (χ3v) is 4.33. The van der Waals surface area contributed by atoms with Crippen LogP contribution in [0.1, 0.15) is 31.9 Å². The van der Waals surface area contributed by atoms with E-state index in [2.05, 4.69) is 21.7 Å². The number of hydrogen-bond donors (Lipinski definition) is 1. The molecule has 0 radical (unpaired) electrons. The molecule has 2 aliphatic heterocycles. The lowest BCUT2D eigenvalue weighted by Gasteiger charge is -2.40. The molecule has 1 aromatic rings. The molecule has 1 aromatic heterocycles. The van der Waals surface area contributed by atoms with Gasteiger partial charge in [0, 0.05) is 43.9 Å². The number of fused-ring (bicyclic) bond motifs is 3. The Bertz CT molecular complexity index is 478. The molecule has 0 spiro atoms. The summed E-state index contributed by atoms with van der Waals surface area (Å²) >= 11 is 0. The van der Waals surface area contributed by atoms with Crippen LogP contribution in [0.5, 0.6) is 5.75 Å². The summed E-state index contributed by atoms with van der Waals surface area (Å²) in [5.41, 5.74) is 0.814. The van der Waals surface area contributed by atoms with Gasteiger partial charge in [0.05, 0.1) is 12.7 Å². The molecule has 20 heavy (non-hydrogen) atoms. The molecule has 1 N–H and O–H groups in total. The highest BCUT2D eigenvalue weighted by Crippen LogP contribution is 2.34. The first-order chi connectivity index (χ1) is 9.69. The molecule has 110 valence electrons. The van der Waals surface area contributed by atoms with Gasteiger partial charge >= 0.3 is 0 Å². The third-order valence-electron chi connectivity index (χ3n) is 4.33. The zero-order chi connectivity index (χ0) is 14.1. The van der Waals surface area contributed by atoms with Gasteiger partial charge < -0.3 is 14.7 Å². The van der Waals surface area contributed by atoms with Gasteiger partial charge in [-0.05, 0) is 19.5 Å². The van der Waals surface area contributed by atoms with Crippen molar-refractivity contribution in [3.05, 3.63) is 17.8 Å². The molecule has 0 saturated carbocycles. The topological polar surface area (TPSA) is 48.8 Å². The standard InChI is InChI=1S/C15H23N3O2/c1-3-17-5-6-18-13(10-17)4-7-20-14-8-12(11(2)19)9-16-15(14)18/h8-9,11,13,19H,3-7,10H2,1-2H3/t11?,13-/m1/s1. The first kappa shape index (κ1) is 13.6. The largest absolute Gasteiger partial charge is 0.490 e. The number of nitrogens with zero attached hydrogens (tertiary/aromatic N) is 3. The molecular weight excluding hydrogens is 254 g/mol. The van der Waals surface area contributed by atoms with Gasteiger partial charge in [0.1, 0.15) is 0 Å². The molecule has 2 aliphatic rings. The normalized spacial score (nSPS) is 24.4. The molecule has 0 aromatic carbocycles. The summed E-state index contributed by atoms with van der Waals surface area (Å²) in [4.78, 5) is 9.42. The van der Waals surface area contributed by atoms with Crippen LogP contribution in [-0.2, 0) is 0 Å². The van der Waals surface area contributed by atoms with E-state index in [9.17, 15) is 5.11 Å². The van der Waals surface area contributed by atoms with Gasteiger partial charge in [-0.1, -0.05) is 6.92 Å². The minimum atomic E-state index is -0.507. The van der Waals surface area contributed by atoms with Crippen LogP contribution in [0.2, 0.25) is 0 Å². The summed E-state index contributed by atoms with van der Waals surface area (Å²) < 4.78 is 5.87. The average molecular weight is 277 g/mol. The molecule has 1 unspecified atom stereocenters. The van der Waals surface area contributed by atoms with Crippen LogP contribution in [0, 0.1) is 0 Å². The Hall–Kier alpha value is -1.33. The van der Waals surface area contributed by atoms with Crippen LogP contribution in [0.3, 0.4) is 0 Å². The first-order valence-electron chi connectivity index (χ1n) is 7.49. The molecule has 0 amide bonds. The smallest absolute Gasteiger partial charge is 0.171 e. The highest BCUT2D eigenvalue weighted by molar-refractivity contribution is 5.55. The number of aliphatic hydroxyl groups excluding tert-OH is 1. The highest BCUT2D eigenvalue weighted by atomic mass is 16.5. The Kier molecular flexibility index (Phi) is 3.81. The van der Waals surface area contributed by atoms with E-state index in [0.29, 0.717) is 6.04 Å². The highest BCUT2D eigenvalue weighted by Gasteiger charge is 2.31. The number of rotatable bonds is 2. The molecule has 2 atom stereocenters. The quantitative estimate of drug-likeness (QED) is 0.886. The van der Waals surface area contributed by atoms with E-state index in [4.69, 9.17) is 4.74 Å². The molecule has 0 aliphatic carbocycles. The van der Waals surface area contributed by atoms with Crippen molar-refractivity contribution in [3.63, 3.8) is 0 Å². The fourth-order valence-corrected chi connectivity index (χ4v) is 3.04. The summed E-state index contributed by atoms with van der Waals surface area (Å²) in [5.74, 6) is 1.75. The van der Waals surface area contributed by atoms with Crippen molar-refractivity contribution in [1.82, 2.24) is 9.88 Å². The van der Waals surface area contributed by atoms with Crippen molar-refractivity contribution in [2.75, 3.05) is 37.7 Å². The fraction of sp³-hybridized carbons (Fsp3) is 0.667. The second-order valence-corrected chi connectivity index (χ2v) is 5.64. The number of piperazine rings is 1. The maximum atomic E-state index is 9.68. The Balaban J connectivity index is 1.89. The predicted octanol–water partition coefficient (Wildman–Crippen LogP) is 1.43. The summed E-state index contributed by atoms with van der Waals surface area (Å²) in [6, 6.07) is 2.41. The summed E-state index contributed by atoms with van der Waals surface area (Å²) in [7, 11) is 0. The van der Waals surface area contributed by atoms with Crippen LogP contribution in [0.15, 0.2) is 12.3 Å². The van der Waals surface area contributed by atoms with Gasteiger partial charge in [-0.25, -0.2) is 4.98 Å². The monoisotopic (exact) mass is 277 g/mol. The van der Waals surface area contributed by atoms with Gasteiger partial charge in [-0.15, -0.1) is 0 Å². The second-order valence-electron chi connectivity index (χ2n) is 5.64. The van der Waals surface area contributed by atoms with E-state index in [1.165, 1.54) is 0 Å². The van der Waals surface area contributed by atoms with Crippen LogP contribution in [-0.4, -0.2) is 53.8 Å². The molecule has 0 bridgehead atoms. The Morgan fingerprint density at radius 3 is 3.10 bits per heavy atom. The van der Waals surface area contributed by atoms with Crippen molar-refractivity contribution in [3.8, 4) is 5.75 Å². The zero-order valence-electron chi connectivity index (χ0n) is 12.2. The average Bonchev–Trinajstić information content (AvgIpc) is 2.64. The Morgan fingerprint density at radius 2 is 2.35 bits per heavy atom. The lowest BCUT2D eigenvalue weighted by Crippen LogP contribution is -2.53. The third kappa shape index (κ3) is 2.47. The van der Waals surface area contributed by atoms with Crippen LogP contribution in [0.4, 0.5) is 5.82 Å². The van der Waals surface area contributed by atoms with Gasteiger partial charge in [-0.3, -0.25) is 4.90 Å². The number of hydrogen-bond acceptors (Lipinski definition) is 5. The lowest BCUT2D eigenvalue weighted by atomic mass is 10.1. The van der Waals surface area contributed by atoms with Crippen molar-refractivity contribution in [1.29, 1.82) is 0 Å². The second kappa shape index (κ2) is 5.58. The van der Waals surface area contributed by atoms with Crippen LogP contribution in [0.25, 0.3) is 0 Å². The number of likely N-dealkylation sites (N-methyl/N-ethyl adjacent to an activating group) is 1.